The lowest BCUT2D eigenvalue weighted by Gasteiger charge is -2.06. The van der Waals surface area contributed by atoms with Crippen molar-refractivity contribution in [3.63, 3.8) is 0 Å². The summed E-state index contributed by atoms with van der Waals surface area (Å²) in [6.45, 7) is 0. The van der Waals surface area contributed by atoms with Crippen molar-refractivity contribution in [1.82, 2.24) is 14.8 Å². The van der Waals surface area contributed by atoms with Gasteiger partial charge >= 0.3 is 6.18 Å². The van der Waals surface area contributed by atoms with E-state index in [4.69, 9.17) is 5.73 Å². The van der Waals surface area contributed by atoms with Crippen molar-refractivity contribution in [1.29, 1.82) is 0 Å². The van der Waals surface area contributed by atoms with Crippen LogP contribution in [0.5, 0.6) is 0 Å². The van der Waals surface area contributed by atoms with E-state index in [0.29, 0.717) is 4.47 Å². The highest BCUT2D eigenvalue weighted by Crippen LogP contribution is 2.28. The maximum absolute atomic E-state index is 12.3. The van der Waals surface area contributed by atoms with Gasteiger partial charge in [-0.15, -0.1) is 5.10 Å². The van der Waals surface area contributed by atoms with Gasteiger partial charge in [0.05, 0.1) is 10.0 Å². The van der Waals surface area contributed by atoms with E-state index >= 15 is 0 Å². The zero-order valence-corrected chi connectivity index (χ0v) is 9.83. The van der Waals surface area contributed by atoms with Crippen molar-refractivity contribution in [2.45, 2.75) is 6.18 Å². The first-order chi connectivity index (χ1) is 7.88. The zero-order valence-electron chi connectivity index (χ0n) is 8.24. The van der Waals surface area contributed by atoms with E-state index in [2.05, 4.69) is 26.0 Å². The SMILES string of the molecule is Nc1nn(-c2ccc(C(F)(F)F)cn2)cc1Br. The van der Waals surface area contributed by atoms with Crippen molar-refractivity contribution in [2.24, 2.45) is 0 Å². The Balaban J connectivity index is 2.36. The molecule has 4 nitrogen and oxygen atoms in total. The second-order valence-corrected chi connectivity index (χ2v) is 4.06. The van der Waals surface area contributed by atoms with Crippen LogP contribution >= 0.6 is 15.9 Å². The van der Waals surface area contributed by atoms with Crippen LogP contribution in [-0.2, 0) is 6.18 Å². The molecular formula is C9H6BrF3N4. The van der Waals surface area contributed by atoms with Crippen LogP contribution in [0.1, 0.15) is 5.56 Å². The molecule has 17 heavy (non-hydrogen) atoms. The molecule has 8 heteroatoms. The number of pyridine rings is 1. The Kier molecular flexibility index (Phi) is 2.82. The fourth-order valence-corrected chi connectivity index (χ4v) is 1.45. The Morgan fingerprint density at radius 2 is 2.00 bits per heavy atom. The standard InChI is InChI=1S/C9H6BrF3N4/c10-6-4-17(16-8(6)14)7-2-1-5(3-15-7)9(11,12)13/h1-4H,(H2,14,16). The van der Waals surface area contributed by atoms with Gasteiger partial charge in [0.15, 0.2) is 11.6 Å². The van der Waals surface area contributed by atoms with Crippen LogP contribution in [0, 0.1) is 0 Å². The molecule has 0 aromatic carbocycles. The number of hydrogen-bond acceptors (Lipinski definition) is 3. The van der Waals surface area contributed by atoms with Gasteiger partial charge in [-0.05, 0) is 28.1 Å². The smallest absolute Gasteiger partial charge is 0.381 e. The molecule has 0 spiro atoms. The number of rotatable bonds is 1. The van der Waals surface area contributed by atoms with Crippen molar-refractivity contribution in [3.8, 4) is 5.82 Å². The van der Waals surface area contributed by atoms with Gasteiger partial charge in [0.1, 0.15) is 0 Å². The van der Waals surface area contributed by atoms with Crippen LogP contribution in [0.2, 0.25) is 0 Å². The lowest BCUT2D eigenvalue weighted by atomic mass is 10.3. The van der Waals surface area contributed by atoms with Crippen molar-refractivity contribution < 1.29 is 13.2 Å². The summed E-state index contributed by atoms with van der Waals surface area (Å²) in [6, 6.07) is 2.16. The van der Waals surface area contributed by atoms with E-state index in [-0.39, 0.29) is 11.6 Å². The molecule has 0 unspecified atom stereocenters. The van der Waals surface area contributed by atoms with Crippen LogP contribution in [0.3, 0.4) is 0 Å². The average molecular weight is 307 g/mol. The summed E-state index contributed by atoms with van der Waals surface area (Å²) in [5.41, 5.74) is 4.69. The van der Waals surface area contributed by atoms with Crippen molar-refractivity contribution in [2.75, 3.05) is 5.73 Å². The second-order valence-electron chi connectivity index (χ2n) is 3.21. The van der Waals surface area contributed by atoms with Crippen LogP contribution in [0.4, 0.5) is 19.0 Å². The molecule has 2 N–H and O–H groups in total. The minimum atomic E-state index is -4.39. The Morgan fingerprint density at radius 1 is 1.29 bits per heavy atom. The molecule has 0 atom stereocenters. The molecule has 0 aliphatic heterocycles. The topological polar surface area (TPSA) is 56.7 Å². The molecule has 0 bridgehead atoms. The zero-order chi connectivity index (χ0) is 12.6. The molecule has 0 aliphatic rings. The minimum absolute atomic E-state index is 0.242. The first-order valence-electron chi connectivity index (χ1n) is 4.42. The van der Waals surface area contributed by atoms with Gasteiger partial charge < -0.3 is 5.73 Å². The highest BCUT2D eigenvalue weighted by molar-refractivity contribution is 9.10. The first-order valence-corrected chi connectivity index (χ1v) is 5.21. The molecule has 0 saturated carbocycles. The minimum Gasteiger partial charge on any atom is -0.381 e. The molecule has 2 aromatic heterocycles. The Labute approximate surface area is 102 Å². The molecule has 0 aliphatic carbocycles. The molecule has 0 fully saturated rings. The van der Waals surface area contributed by atoms with Crippen molar-refractivity contribution in [3.05, 3.63) is 34.6 Å². The number of aromatic nitrogens is 3. The maximum Gasteiger partial charge on any atom is 0.417 e. The predicted molar refractivity (Wildman–Crippen MR) is 58.5 cm³/mol. The second kappa shape index (κ2) is 4.02. The Morgan fingerprint density at radius 3 is 2.41 bits per heavy atom. The van der Waals surface area contributed by atoms with Gasteiger partial charge in [-0.25, -0.2) is 9.67 Å². The highest BCUT2D eigenvalue weighted by Gasteiger charge is 2.30. The van der Waals surface area contributed by atoms with Gasteiger partial charge in [0.25, 0.3) is 0 Å². The lowest BCUT2D eigenvalue weighted by Crippen LogP contribution is -2.07. The average Bonchev–Trinajstić information content (AvgIpc) is 2.58. The van der Waals surface area contributed by atoms with E-state index in [1.807, 2.05) is 0 Å². The highest BCUT2D eigenvalue weighted by atomic mass is 79.9. The summed E-state index contributed by atoms with van der Waals surface area (Å²) in [4.78, 5) is 3.67. The molecule has 2 aromatic rings. The summed E-state index contributed by atoms with van der Waals surface area (Å²) < 4.78 is 38.7. The maximum atomic E-state index is 12.3. The van der Waals surface area contributed by atoms with Crippen LogP contribution < -0.4 is 5.73 Å². The van der Waals surface area contributed by atoms with Gasteiger partial charge in [-0.2, -0.15) is 13.2 Å². The number of nitrogens with zero attached hydrogens (tertiary/aromatic N) is 3. The molecule has 0 amide bonds. The van der Waals surface area contributed by atoms with E-state index in [1.54, 1.807) is 0 Å². The number of alkyl halides is 3. The Hall–Kier alpha value is -1.57. The molecular weight excluding hydrogens is 301 g/mol. The largest absolute Gasteiger partial charge is 0.417 e. The third-order valence-electron chi connectivity index (χ3n) is 2.01. The molecule has 0 radical (unpaired) electrons. The summed E-state index contributed by atoms with van der Waals surface area (Å²) in [6.07, 6.45) is -2.12. The van der Waals surface area contributed by atoms with Crippen molar-refractivity contribution >= 4 is 21.7 Å². The van der Waals surface area contributed by atoms with Gasteiger partial charge in [0, 0.05) is 12.4 Å². The summed E-state index contributed by atoms with van der Waals surface area (Å²) in [5, 5.41) is 3.88. The number of anilines is 1. The third-order valence-corrected chi connectivity index (χ3v) is 2.62. The fourth-order valence-electron chi connectivity index (χ4n) is 1.17. The molecule has 2 heterocycles. The molecule has 90 valence electrons. The van der Waals surface area contributed by atoms with Gasteiger partial charge in [0.2, 0.25) is 0 Å². The summed E-state index contributed by atoms with van der Waals surface area (Å²) >= 11 is 3.14. The molecule has 0 saturated heterocycles. The first kappa shape index (κ1) is 11.9. The summed E-state index contributed by atoms with van der Waals surface area (Å²) in [7, 11) is 0. The normalized spacial score (nSPS) is 11.8. The lowest BCUT2D eigenvalue weighted by molar-refractivity contribution is -0.137. The van der Waals surface area contributed by atoms with Gasteiger partial charge in [-0.1, -0.05) is 0 Å². The van der Waals surface area contributed by atoms with Crippen LogP contribution in [0.25, 0.3) is 5.82 Å². The van der Waals surface area contributed by atoms with Crippen LogP contribution in [0.15, 0.2) is 29.0 Å². The number of hydrogen-bond donors (Lipinski definition) is 1. The third kappa shape index (κ3) is 2.41. The molecule has 2 rings (SSSR count). The van der Waals surface area contributed by atoms with E-state index in [1.165, 1.54) is 16.9 Å². The number of nitrogen functional groups attached to an aromatic ring is 1. The predicted octanol–water partition coefficient (Wildman–Crippen LogP) is 2.63. The fraction of sp³-hybridized carbons (Fsp3) is 0.111. The monoisotopic (exact) mass is 306 g/mol. The Bertz CT molecular complexity index is 513. The summed E-state index contributed by atoms with van der Waals surface area (Å²) in [5.74, 6) is 0.502. The number of nitrogens with two attached hydrogens (primary N) is 1. The quantitative estimate of drug-likeness (QED) is 0.881. The van der Waals surface area contributed by atoms with E-state index in [9.17, 15) is 13.2 Å². The van der Waals surface area contributed by atoms with E-state index in [0.717, 1.165) is 12.3 Å². The van der Waals surface area contributed by atoms with Crippen LogP contribution in [-0.4, -0.2) is 14.8 Å². The van der Waals surface area contributed by atoms with Gasteiger partial charge in [-0.3, -0.25) is 0 Å². The van der Waals surface area contributed by atoms with E-state index < -0.39 is 11.7 Å². The number of halogens is 4.